The molecule has 0 aliphatic rings. The summed E-state index contributed by atoms with van der Waals surface area (Å²) in [5.74, 6) is 0.980. The summed E-state index contributed by atoms with van der Waals surface area (Å²) in [4.78, 5) is 6.94. The molecule has 4 nitrogen and oxygen atoms in total. The molecule has 0 aliphatic heterocycles. The number of rotatable bonds is 8. The summed E-state index contributed by atoms with van der Waals surface area (Å²) in [6.07, 6.45) is 1.71. The number of pyridine rings is 1. The second-order valence-electron chi connectivity index (χ2n) is 4.90. The maximum absolute atomic E-state index is 5.29. The second-order valence-corrected chi connectivity index (χ2v) is 4.90. The van der Waals surface area contributed by atoms with Gasteiger partial charge in [-0.1, -0.05) is 13.0 Å². The normalized spacial score (nSPS) is 11.2. The third kappa shape index (κ3) is 4.79. The Bertz CT molecular complexity index is 496. The molecule has 0 saturated carbocycles. The highest BCUT2D eigenvalue weighted by molar-refractivity contribution is 5.09. The number of nitrogens with one attached hydrogen (secondary N) is 1. The van der Waals surface area contributed by atoms with E-state index in [0.717, 1.165) is 49.9 Å². The van der Waals surface area contributed by atoms with Gasteiger partial charge in [-0.05, 0) is 37.7 Å². The summed E-state index contributed by atoms with van der Waals surface area (Å²) in [5.41, 5.74) is 2.22. The van der Waals surface area contributed by atoms with Crippen LogP contribution in [0.3, 0.4) is 0 Å². The van der Waals surface area contributed by atoms with Crippen molar-refractivity contribution in [3.63, 3.8) is 0 Å². The molecule has 0 fully saturated rings. The van der Waals surface area contributed by atoms with Gasteiger partial charge in [0.15, 0.2) is 0 Å². The number of hydrogen-bond acceptors (Lipinski definition) is 4. The monoisotopic (exact) mass is 273 g/mol. The topological polar surface area (TPSA) is 41.3 Å². The maximum Gasteiger partial charge on any atom is 0.117 e. The molecule has 0 saturated heterocycles. The first-order valence-electron chi connectivity index (χ1n) is 7.16. The molecule has 2 aromatic heterocycles. The predicted octanol–water partition coefficient (Wildman–Crippen LogP) is 2.59. The van der Waals surface area contributed by atoms with E-state index in [4.69, 9.17) is 4.42 Å². The van der Waals surface area contributed by atoms with Crippen LogP contribution in [0.25, 0.3) is 0 Å². The summed E-state index contributed by atoms with van der Waals surface area (Å²) in [5, 5.41) is 3.39. The minimum Gasteiger partial charge on any atom is -0.468 e. The van der Waals surface area contributed by atoms with E-state index in [2.05, 4.69) is 34.3 Å². The van der Waals surface area contributed by atoms with Gasteiger partial charge in [0.1, 0.15) is 5.76 Å². The van der Waals surface area contributed by atoms with Crippen LogP contribution in [0.15, 0.2) is 41.0 Å². The van der Waals surface area contributed by atoms with Gasteiger partial charge in [0.2, 0.25) is 0 Å². The van der Waals surface area contributed by atoms with Gasteiger partial charge >= 0.3 is 0 Å². The molecule has 0 atom stereocenters. The van der Waals surface area contributed by atoms with Crippen molar-refractivity contribution >= 4 is 0 Å². The first-order valence-corrected chi connectivity index (χ1v) is 7.16. The molecule has 0 aliphatic carbocycles. The smallest absolute Gasteiger partial charge is 0.117 e. The third-order valence-electron chi connectivity index (χ3n) is 3.26. The standard InChI is InChI=1S/C16H23N3O/c1-3-19(13-15-7-4-6-14(2)18-15)10-9-17-12-16-8-5-11-20-16/h4-8,11,17H,3,9-10,12-13H2,1-2H3. The number of aryl methyl sites for hydroxylation is 1. The molecular weight excluding hydrogens is 250 g/mol. The van der Waals surface area contributed by atoms with Crippen LogP contribution in [0.1, 0.15) is 24.1 Å². The zero-order valence-electron chi connectivity index (χ0n) is 12.3. The molecule has 0 unspecified atom stereocenters. The number of nitrogens with zero attached hydrogens (tertiary/aromatic N) is 2. The Kier molecular flexibility index (Phi) is 5.77. The van der Waals surface area contributed by atoms with Gasteiger partial charge in [-0.25, -0.2) is 0 Å². The molecule has 20 heavy (non-hydrogen) atoms. The first kappa shape index (κ1) is 14.8. The van der Waals surface area contributed by atoms with E-state index < -0.39 is 0 Å². The molecule has 2 heterocycles. The fourth-order valence-corrected chi connectivity index (χ4v) is 2.13. The van der Waals surface area contributed by atoms with Crippen molar-refractivity contribution in [1.29, 1.82) is 0 Å². The lowest BCUT2D eigenvalue weighted by atomic mass is 10.3. The average Bonchev–Trinajstić information content (AvgIpc) is 2.95. The van der Waals surface area contributed by atoms with Gasteiger partial charge in [0, 0.05) is 25.3 Å². The Labute approximate surface area is 120 Å². The summed E-state index contributed by atoms with van der Waals surface area (Å²) in [6, 6.07) is 10.1. The molecule has 2 aromatic rings. The minimum absolute atomic E-state index is 0.785. The number of likely N-dealkylation sites (N-methyl/N-ethyl adjacent to an activating group) is 1. The summed E-state index contributed by atoms with van der Waals surface area (Å²) >= 11 is 0. The van der Waals surface area contributed by atoms with E-state index >= 15 is 0 Å². The van der Waals surface area contributed by atoms with Crippen molar-refractivity contribution in [1.82, 2.24) is 15.2 Å². The Balaban J connectivity index is 1.72. The molecule has 108 valence electrons. The van der Waals surface area contributed by atoms with Crippen LogP contribution in [-0.2, 0) is 13.1 Å². The molecule has 0 radical (unpaired) electrons. The quantitative estimate of drug-likeness (QED) is 0.751. The van der Waals surface area contributed by atoms with E-state index in [1.807, 2.05) is 25.1 Å². The Morgan fingerprint density at radius 1 is 1.25 bits per heavy atom. The SMILES string of the molecule is CCN(CCNCc1ccco1)Cc1cccc(C)n1. The molecule has 0 spiro atoms. The Morgan fingerprint density at radius 2 is 2.15 bits per heavy atom. The molecule has 0 bridgehead atoms. The lowest BCUT2D eigenvalue weighted by molar-refractivity contribution is 0.274. The number of aromatic nitrogens is 1. The molecular formula is C16H23N3O. The summed E-state index contributed by atoms with van der Waals surface area (Å²) in [6.45, 7) is 8.88. The van der Waals surface area contributed by atoms with E-state index in [9.17, 15) is 0 Å². The molecule has 1 N–H and O–H groups in total. The van der Waals surface area contributed by atoms with Crippen LogP contribution in [0.5, 0.6) is 0 Å². The minimum atomic E-state index is 0.785. The van der Waals surface area contributed by atoms with E-state index in [-0.39, 0.29) is 0 Å². The van der Waals surface area contributed by atoms with Crippen LogP contribution in [-0.4, -0.2) is 29.5 Å². The fourth-order valence-electron chi connectivity index (χ4n) is 2.13. The van der Waals surface area contributed by atoms with Gasteiger partial charge in [-0.3, -0.25) is 9.88 Å². The van der Waals surface area contributed by atoms with E-state index in [0.29, 0.717) is 0 Å². The van der Waals surface area contributed by atoms with E-state index in [1.165, 1.54) is 0 Å². The second kappa shape index (κ2) is 7.82. The Hall–Kier alpha value is -1.65. The van der Waals surface area contributed by atoms with Gasteiger partial charge in [0.25, 0.3) is 0 Å². The van der Waals surface area contributed by atoms with Crippen molar-refractivity contribution in [3.05, 3.63) is 53.7 Å². The molecule has 0 amide bonds. The van der Waals surface area contributed by atoms with Crippen LogP contribution >= 0.6 is 0 Å². The lowest BCUT2D eigenvalue weighted by Gasteiger charge is -2.20. The van der Waals surface area contributed by atoms with Crippen molar-refractivity contribution < 1.29 is 4.42 Å². The predicted molar refractivity (Wildman–Crippen MR) is 80.3 cm³/mol. The van der Waals surface area contributed by atoms with Crippen molar-refractivity contribution in [3.8, 4) is 0 Å². The lowest BCUT2D eigenvalue weighted by Crippen LogP contribution is -2.31. The van der Waals surface area contributed by atoms with Crippen LogP contribution in [0.4, 0.5) is 0 Å². The Morgan fingerprint density at radius 3 is 2.85 bits per heavy atom. The van der Waals surface area contributed by atoms with Crippen molar-refractivity contribution in [2.75, 3.05) is 19.6 Å². The zero-order chi connectivity index (χ0) is 14.2. The zero-order valence-corrected chi connectivity index (χ0v) is 12.3. The van der Waals surface area contributed by atoms with Crippen LogP contribution < -0.4 is 5.32 Å². The van der Waals surface area contributed by atoms with Gasteiger partial charge in [0.05, 0.1) is 18.5 Å². The van der Waals surface area contributed by atoms with Crippen molar-refractivity contribution in [2.45, 2.75) is 26.9 Å². The first-order chi connectivity index (χ1) is 9.78. The van der Waals surface area contributed by atoms with E-state index in [1.54, 1.807) is 6.26 Å². The van der Waals surface area contributed by atoms with Crippen molar-refractivity contribution in [2.24, 2.45) is 0 Å². The van der Waals surface area contributed by atoms with Crippen LogP contribution in [0.2, 0.25) is 0 Å². The highest BCUT2D eigenvalue weighted by Gasteiger charge is 2.04. The molecule has 0 aromatic carbocycles. The van der Waals surface area contributed by atoms with Gasteiger partial charge < -0.3 is 9.73 Å². The highest BCUT2D eigenvalue weighted by atomic mass is 16.3. The molecule has 2 rings (SSSR count). The fraction of sp³-hybridized carbons (Fsp3) is 0.438. The number of hydrogen-bond donors (Lipinski definition) is 1. The van der Waals surface area contributed by atoms with Gasteiger partial charge in [-0.15, -0.1) is 0 Å². The average molecular weight is 273 g/mol. The highest BCUT2D eigenvalue weighted by Crippen LogP contribution is 2.03. The summed E-state index contributed by atoms with van der Waals surface area (Å²) in [7, 11) is 0. The number of furan rings is 1. The third-order valence-corrected chi connectivity index (χ3v) is 3.26. The maximum atomic E-state index is 5.29. The van der Waals surface area contributed by atoms with Gasteiger partial charge in [-0.2, -0.15) is 0 Å². The largest absolute Gasteiger partial charge is 0.468 e. The van der Waals surface area contributed by atoms with Crippen LogP contribution in [0, 0.1) is 6.92 Å². The molecule has 4 heteroatoms. The summed E-state index contributed by atoms with van der Waals surface area (Å²) < 4.78 is 5.29.